The Kier molecular flexibility index (Phi) is 6.65. The van der Waals surface area contributed by atoms with Gasteiger partial charge in [-0.3, -0.25) is 4.79 Å². The van der Waals surface area contributed by atoms with Crippen molar-refractivity contribution in [3.05, 3.63) is 22.4 Å². The molecule has 4 nitrogen and oxygen atoms in total. The first-order chi connectivity index (χ1) is 12.2. The monoisotopic (exact) mass is 397 g/mol. The molecule has 1 aromatic heterocycles. The molecular formula is C20H32ClN3OS. The van der Waals surface area contributed by atoms with Gasteiger partial charge in [-0.15, -0.1) is 12.4 Å². The van der Waals surface area contributed by atoms with Crippen LogP contribution in [0.25, 0.3) is 0 Å². The Morgan fingerprint density at radius 2 is 2.23 bits per heavy atom. The molecule has 0 radical (unpaired) electrons. The largest absolute Gasteiger partial charge is 0.335 e. The van der Waals surface area contributed by atoms with Crippen LogP contribution in [0.4, 0.5) is 0 Å². The van der Waals surface area contributed by atoms with Crippen LogP contribution < -0.4 is 5.32 Å². The van der Waals surface area contributed by atoms with Crippen molar-refractivity contribution < 1.29 is 4.79 Å². The van der Waals surface area contributed by atoms with Gasteiger partial charge in [0, 0.05) is 26.1 Å². The summed E-state index contributed by atoms with van der Waals surface area (Å²) in [5.41, 5.74) is 1.70. The van der Waals surface area contributed by atoms with Gasteiger partial charge < -0.3 is 15.1 Å². The third-order valence-corrected chi connectivity index (χ3v) is 7.36. The lowest BCUT2D eigenvalue weighted by atomic mass is 9.90. The van der Waals surface area contributed by atoms with E-state index in [0.717, 1.165) is 12.5 Å². The lowest BCUT2D eigenvalue weighted by Crippen LogP contribution is -2.44. The molecule has 4 rings (SSSR count). The molecular weight excluding hydrogens is 366 g/mol. The van der Waals surface area contributed by atoms with E-state index in [9.17, 15) is 4.79 Å². The summed E-state index contributed by atoms with van der Waals surface area (Å²) in [6.45, 7) is 8.63. The summed E-state index contributed by atoms with van der Waals surface area (Å²) in [6.07, 6.45) is 6.47. The summed E-state index contributed by atoms with van der Waals surface area (Å²) >= 11 is 1.72. The highest BCUT2D eigenvalue weighted by Crippen LogP contribution is 2.57. The number of amides is 1. The van der Waals surface area contributed by atoms with Crippen LogP contribution in [-0.4, -0.2) is 54.5 Å². The molecule has 146 valence electrons. The van der Waals surface area contributed by atoms with E-state index < -0.39 is 0 Å². The van der Waals surface area contributed by atoms with Gasteiger partial charge in [-0.25, -0.2) is 0 Å². The summed E-state index contributed by atoms with van der Waals surface area (Å²) in [6, 6.07) is 2.62. The molecule has 0 aromatic carbocycles. The van der Waals surface area contributed by atoms with Crippen molar-refractivity contribution in [3.63, 3.8) is 0 Å². The van der Waals surface area contributed by atoms with E-state index in [1.54, 1.807) is 18.3 Å². The first-order valence-electron chi connectivity index (χ1n) is 9.88. The lowest BCUT2D eigenvalue weighted by molar-refractivity contribution is -0.130. The quantitative estimate of drug-likeness (QED) is 0.827. The maximum atomic E-state index is 12.2. The Bertz CT molecular complexity index is 580. The number of piperidine rings is 2. The van der Waals surface area contributed by atoms with E-state index in [-0.39, 0.29) is 18.3 Å². The molecule has 1 spiro atoms. The highest BCUT2D eigenvalue weighted by atomic mass is 35.5. The van der Waals surface area contributed by atoms with Crippen LogP contribution in [0, 0.1) is 11.3 Å². The average molecular weight is 398 g/mol. The van der Waals surface area contributed by atoms with E-state index in [1.807, 2.05) is 0 Å². The number of carbonyl (C=O) groups excluding carboxylic acids is 1. The second-order valence-corrected chi connectivity index (χ2v) is 9.15. The summed E-state index contributed by atoms with van der Waals surface area (Å²) in [5.74, 6) is 1.08. The van der Waals surface area contributed by atoms with Crippen LogP contribution >= 0.6 is 23.7 Å². The zero-order valence-electron chi connectivity index (χ0n) is 15.8. The standard InChI is InChI=1S/C20H31N3OS.ClH/c1-16(24)23(14-18-4-10-25-15-18)19-11-20(19)5-8-22(9-6-20)13-17-3-2-7-21-12-17;/h4,10,15,17,19,21H,2-3,5-9,11-14H2,1H3;1H. The normalized spacial score (nSPS) is 27.7. The first-order valence-corrected chi connectivity index (χ1v) is 10.8. The van der Waals surface area contributed by atoms with Gasteiger partial charge in [0.15, 0.2) is 0 Å². The Labute approximate surface area is 167 Å². The van der Waals surface area contributed by atoms with E-state index in [1.165, 1.54) is 70.4 Å². The predicted octanol–water partition coefficient (Wildman–Crippen LogP) is 3.37. The average Bonchev–Trinajstić information content (AvgIpc) is 3.04. The van der Waals surface area contributed by atoms with Gasteiger partial charge in [0.25, 0.3) is 0 Å². The number of hydrogen-bond acceptors (Lipinski definition) is 4. The summed E-state index contributed by atoms with van der Waals surface area (Å²) in [7, 11) is 0. The van der Waals surface area contributed by atoms with E-state index in [2.05, 4.69) is 31.9 Å². The number of carbonyl (C=O) groups is 1. The Morgan fingerprint density at radius 3 is 2.85 bits per heavy atom. The fourth-order valence-corrected chi connectivity index (χ4v) is 5.61. The van der Waals surface area contributed by atoms with Crippen molar-refractivity contribution in [2.75, 3.05) is 32.7 Å². The van der Waals surface area contributed by atoms with E-state index in [4.69, 9.17) is 0 Å². The number of rotatable bonds is 5. The van der Waals surface area contributed by atoms with Crippen LogP contribution in [0.15, 0.2) is 16.8 Å². The number of likely N-dealkylation sites (tertiary alicyclic amines) is 1. The van der Waals surface area contributed by atoms with Gasteiger partial charge in [0.05, 0.1) is 0 Å². The highest BCUT2D eigenvalue weighted by molar-refractivity contribution is 7.07. The minimum Gasteiger partial charge on any atom is -0.335 e. The molecule has 3 heterocycles. The smallest absolute Gasteiger partial charge is 0.220 e. The highest BCUT2D eigenvalue weighted by Gasteiger charge is 2.58. The zero-order chi connectivity index (χ0) is 17.3. The van der Waals surface area contributed by atoms with Gasteiger partial charge in [-0.2, -0.15) is 11.3 Å². The van der Waals surface area contributed by atoms with Gasteiger partial charge in [-0.1, -0.05) is 0 Å². The second-order valence-electron chi connectivity index (χ2n) is 8.37. The van der Waals surface area contributed by atoms with Crippen LogP contribution in [0.2, 0.25) is 0 Å². The van der Waals surface area contributed by atoms with Crippen molar-refractivity contribution in [1.82, 2.24) is 15.1 Å². The molecule has 1 amide bonds. The molecule has 26 heavy (non-hydrogen) atoms. The predicted molar refractivity (Wildman–Crippen MR) is 110 cm³/mol. The molecule has 6 heteroatoms. The molecule has 2 atom stereocenters. The minimum absolute atomic E-state index is 0. The summed E-state index contributed by atoms with van der Waals surface area (Å²) in [4.78, 5) is 17.0. The molecule has 1 N–H and O–H groups in total. The topological polar surface area (TPSA) is 35.6 Å². The van der Waals surface area contributed by atoms with Gasteiger partial charge in [0.2, 0.25) is 5.91 Å². The lowest BCUT2D eigenvalue weighted by Gasteiger charge is -2.37. The van der Waals surface area contributed by atoms with E-state index >= 15 is 0 Å². The van der Waals surface area contributed by atoms with Crippen LogP contribution in [0.1, 0.15) is 44.6 Å². The molecule has 0 bridgehead atoms. The molecule has 2 unspecified atom stereocenters. The Hall–Kier alpha value is -0.620. The number of halogens is 1. The fourth-order valence-electron chi connectivity index (χ4n) is 4.95. The minimum atomic E-state index is 0. The molecule has 3 fully saturated rings. The van der Waals surface area contributed by atoms with Crippen molar-refractivity contribution in [3.8, 4) is 0 Å². The van der Waals surface area contributed by atoms with Gasteiger partial charge in [0.1, 0.15) is 0 Å². The molecule has 1 aliphatic carbocycles. The maximum Gasteiger partial charge on any atom is 0.220 e. The van der Waals surface area contributed by atoms with Crippen molar-refractivity contribution >= 4 is 29.7 Å². The maximum absolute atomic E-state index is 12.2. The molecule has 3 aliphatic rings. The zero-order valence-corrected chi connectivity index (χ0v) is 17.4. The third kappa shape index (κ3) is 4.44. The first kappa shape index (κ1) is 20.1. The van der Waals surface area contributed by atoms with Crippen LogP contribution in [-0.2, 0) is 11.3 Å². The molecule has 2 aliphatic heterocycles. The van der Waals surface area contributed by atoms with Gasteiger partial charge in [-0.05, 0) is 92.0 Å². The fraction of sp³-hybridized carbons (Fsp3) is 0.750. The Morgan fingerprint density at radius 1 is 1.42 bits per heavy atom. The Balaban J connectivity index is 0.00000196. The molecule has 1 saturated carbocycles. The molecule has 2 saturated heterocycles. The van der Waals surface area contributed by atoms with Crippen molar-refractivity contribution in [1.29, 1.82) is 0 Å². The SMILES string of the molecule is CC(=O)N(Cc1ccsc1)C1CC12CCN(CC1CCCNC1)CC2.Cl. The summed E-state index contributed by atoms with van der Waals surface area (Å²) < 4.78 is 0. The van der Waals surface area contributed by atoms with Crippen LogP contribution in [0.5, 0.6) is 0 Å². The second kappa shape index (κ2) is 8.59. The van der Waals surface area contributed by atoms with E-state index in [0.29, 0.717) is 11.5 Å². The number of thiophene rings is 1. The number of nitrogens with one attached hydrogen (secondary N) is 1. The summed E-state index contributed by atoms with van der Waals surface area (Å²) in [5, 5.41) is 7.82. The third-order valence-electron chi connectivity index (χ3n) is 6.63. The van der Waals surface area contributed by atoms with Crippen molar-refractivity contribution in [2.45, 2.75) is 51.6 Å². The van der Waals surface area contributed by atoms with Crippen molar-refractivity contribution in [2.24, 2.45) is 11.3 Å². The molecule has 1 aromatic rings. The van der Waals surface area contributed by atoms with Crippen LogP contribution in [0.3, 0.4) is 0 Å². The number of hydrogen-bond donors (Lipinski definition) is 1. The number of nitrogens with zero attached hydrogens (tertiary/aromatic N) is 2. The van der Waals surface area contributed by atoms with Gasteiger partial charge >= 0.3 is 0 Å².